The van der Waals surface area contributed by atoms with Crippen LogP contribution < -0.4 is 5.19 Å². The zero-order chi connectivity index (χ0) is 11.6. The Bertz CT molecular complexity index is 362. The van der Waals surface area contributed by atoms with E-state index in [1.807, 2.05) is 0 Å². The molecular weight excluding hydrogens is 272 g/mol. The van der Waals surface area contributed by atoms with Crippen molar-refractivity contribution in [2.75, 3.05) is 14.2 Å². The number of halogens is 1. The molecule has 0 atom stereocenters. The van der Waals surface area contributed by atoms with Crippen molar-refractivity contribution in [2.45, 2.75) is 20.4 Å². The molecule has 1 aromatic carbocycles. The van der Waals surface area contributed by atoms with Gasteiger partial charge in [0.1, 0.15) is 0 Å². The first-order chi connectivity index (χ1) is 6.94. The summed E-state index contributed by atoms with van der Waals surface area (Å²) in [5, 5.41) is 1.20. The van der Waals surface area contributed by atoms with Gasteiger partial charge in [-0.25, -0.2) is 0 Å². The van der Waals surface area contributed by atoms with Crippen molar-refractivity contribution in [1.29, 1.82) is 0 Å². The van der Waals surface area contributed by atoms with Crippen LogP contribution in [-0.2, 0) is 8.85 Å². The molecule has 0 saturated carbocycles. The van der Waals surface area contributed by atoms with E-state index >= 15 is 0 Å². The minimum atomic E-state index is -2.19. The molecule has 0 fully saturated rings. The van der Waals surface area contributed by atoms with Gasteiger partial charge >= 0.3 is 8.56 Å². The topological polar surface area (TPSA) is 18.5 Å². The molecule has 0 aliphatic heterocycles. The molecule has 0 unspecified atom stereocenters. The first-order valence-corrected chi connectivity index (χ1v) is 7.93. The zero-order valence-electron chi connectivity index (χ0n) is 9.85. The van der Waals surface area contributed by atoms with Gasteiger partial charge in [0.25, 0.3) is 0 Å². The molecule has 0 saturated heterocycles. The number of aryl methyl sites for hydroxylation is 2. The third-order valence-corrected chi connectivity index (χ3v) is 6.70. The fraction of sp³-hybridized carbons (Fsp3) is 0.455. The number of hydrogen-bond acceptors (Lipinski definition) is 2. The molecule has 0 amide bonds. The van der Waals surface area contributed by atoms with E-state index in [4.69, 9.17) is 8.85 Å². The molecule has 0 aliphatic carbocycles. The molecule has 84 valence electrons. The molecule has 4 heteroatoms. The lowest BCUT2D eigenvalue weighted by Gasteiger charge is -2.25. The molecule has 2 nitrogen and oxygen atoms in total. The summed E-state index contributed by atoms with van der Waals surface area (Å²) in [5.74, 6) is 0. The fourth-order valence-electron chi connectivity index (χ4n) is 1.57. The molecule has 0 heterocycles. The Kier molecular flexibility index (Phi) is 4.11. The van der Waals surface area contributed by atoms with E-state index in [0.717, 1.165) is 4.47 Å². The predicted molar refractivity (Wildman–Crippen MR) is 68.9 cm³/mol. The number of rotatable bonds is 3. The van der Waals surface area contributed by atoms with Crippen molar-refractivity contribution in [3.8, 4) is 0 Å². The second-order valence-electron chi connectivity index (χ2n) is 3.77. The first-order valence-electron chi connectivity index (χ1n) is 4.82. The van der Waals surface area contributed by atoms with E-state index in [1.54, 1.807) is 14.2 Å². The molecule has 1 aromatic rings. The van der Waals surface area contributed by atoms with E-state index in [2.05, 4.69) is 48.5 Å². The van der Waals surface area contributed by atoms with Gasteiger partial charge in [-0.2, -0.15) is 0 Å². The van der Waals surface area contributed by atoms with Crippen molar-refractivity contribution in [1.82, 2.24) is 0 Å². The lowest BCUT2D eigenvalue weighted by Crippen LogP contribution is -2.50. The number of hydrogen-bond donors (Lipinski definition) is 0. The van der Waals surface area contributed by atoms with E-state index in [1.165, 1.54) is 16.3 Å². The SMILES string of the molecule is CO[Si](C)(OC)c1cc(C)c(Br)cc1C. The molecular formula is C11H17BrO2Si. The van der Waals surface area contributed by atoms with Crippen LogP contribution in [0.1, 0.15) is 11.1 Å². The van der Waals surface area contributed by atoms with Gasteiger partial charge in [-0.3, -0.25) is 0 Å². The van der Waals surface area contributed by atoms with Gasteiger partial charge in [-0.05, 0) is 42.8 Å². The quantitative estimate of drug-likeness (QED) is 0.796. The Morgan fingerprint density at radius 2 is 1.60 bits per heavy atom. The summed E-state index contributed by atoms with van der Waals surface area (Å²) in [4.78, 5) is 0. The molecule has 1 rings (SSSR count). The Labute approximate surface area is 101 Å². The van der Waals surface area contributed by atoms with Crippen LogP contribution in [0.25, 0.3) is 0 Å². The zero-order valence-corrected chi connectivity index (χ0v) is 12.4. The van der Waals surface area contributed by atoms with Crippen molar-refractivity contribution >= 4 is 29.7 Å². The largest absolute Gasteiger partial charge is 0.394 e. The normalized spacial score (nSPS) is 11.9. The van der Waals surface area contributed by atoms with Crippen LogP contribution in [0.15, 0.2) is 16.6 Å². The lowest BCUT2D eigenvalue weighted by atomic mass is 10.2. The Morgan fingerprint density at radius 3 is 2.07 bits per heavy atom. The Hall–Kier alpha value is -0.163. The summed E-state index contributed by atoms with van der Waals surface area (Å²) < 4.78 is 12.2. The highest BCUT2D eigenvalue weighted by Gasteiger charge is 2.33. The van der Waals surface area contributed by atoms with Crippen LogP contribution >= 0.6 is 15.9 Å². The standard InChI is InChI=1S/C11H17BrO2Si/c1-8-7-11(9(2)6-10(8)12)15(5,13-3)14-4/h6-7H,1-5H3. The highest BCUT2D eigenvalue weighted by molar-refractivity contribution is 9.10. The second kappa shape index (κ2) is 4.78. The molecule has 0 N–H and O–H groups in total. The van der Waals surface area contributed by atoms with Gasteiger partial charge in [-0.15, -0.1) is 0 Å². The van der Waals surface area contributed by atoms with Crippen LogP contribution in [0.4, 0.5) is 0 Å². The van der Waals surface area contributed by atoms with Gasteiger partial charge in [0.05, 0.1) is 0 Å². The summed E-state index contributed by atoms with van der Waals surface area (Å²) in [5.41, 5.74) is 2.42. The fourth-order valence-corrected chi connectivity index (χ4v) is 3.90. The van der Waals surface area contributed by atoms with Crippen LogP contribution in [0.5, 0.6) is 0 Å². The van der Waals surface area contributed by atoms with Crippen molar-refractivity contribution < 1.29 is 8.85 Å². The summed E-state index contributed by atoms with van der Waals surface area (Å²) in [7, 11) is 1.24. The van der Waals surface area contributed by atoms with E-state index < -0.39 is 8.56 Å². The van der Waals surface area contributed by atoms with Crippen molar-refractivity contribution in [3.63, 3.8) is 0 Å². The monoisotopic (exact) mass is 288 g/mol. The molecule has 0 bridgehead atoms. The second-order valence-corrected chi connectivity index (χ2v) is 7.87. The van der Waals surface area contributed by atoms with Crippen molar-refractivity contribution in [2.24, 2.45) is 0 Å². The average molecular weight is 289 g/mol. The van der Waals surface area contributed by atoms with E-state index in [-0.39, 0.29) is 0 Å². The Morgan fingerprint density at radius 1 is 1.07 bits per heavy atom. The van der Waals surface area contributed by atoms with Crippen molar-refractivity contribution in [3.05, 3.63) is 27.7 Å². The number of benzene rings is 1. The molecule has 0 aromatic heterocycles. The maximum Gasteiger partial charge on any atom is 0.369 e. The van der Waals surface area contributed by atoms with Gasteiger partial charge in [0.15, 0.2) is 0 Å². The minimum Gasteiger partial charge on any atom is -0.394 e. The average Bonchev–Trinajstić information content (AvgIpc) is 2.22. The van der Waals surface area contributed by atoms with Gasteiger partial charge in [-0.1, -0.05) is 22.0 Å². The Balaban J connectivity index is 3.30. The smallest absolute Gasteiger partial charge is 0.369 e. The molecule has 0 aliphatic rings. The van der Waals surface area contributed by atoms with Crippen LogP contribution in [-0.4, -0.2) is 22.8 Å². The molecule has 0 radical (unpaired) electrons. The summed E-state index contributed by atoms with van der Waals surface area (Å²) in [6, 6.07) is 4.27. The highest BCUT2D eigenvalue weighted by Crippen LogP contribution is 2.19. The van der Waals surface area contributed by atoms with Crippen LogP contribution in [0, 0.1) is 13.8 Å². The van der Waals surface area contributed by atoms with Gasteiger partial charge in [0, 0.05) is 18.7 Å². The lowest BCUT2D eigenvalue weighted by molar-refractivity contribution is 0.265. The summed E-state index contributed by atoms with van der Waals surface area (Å²) >= 11 is 3.52. The molecule has 0 spiro atoms. The predicted octanol–water partition coefficient (Wildman–Crippen LogP) is 2.64. The molecule has 15 heavy (non-hydrogen) atoms. The first kappa shape index (κ1) is 12.9. The van der Waals surface area contributed by atoms with Gasteiger partial charge in [0.2, 0.25) is 0 Å². The van der Waals surface area contributed by atoms with Gasteiger partial charge < -0.3 is 8.85 Å². The maximum absolute atomic E-state index is 5.55. The van der Waals surface area contributed by atoms with Crippen LogP contribution in [0.2, 0.25) is 6.55 Å². The van der Waals surface area contributed by atoms with Crippen LogP contribution in [0.3, 0.4) is 0 Å². The van der Waals surface area contributed by atoms with E-state index in [9.17, 15) is 0 Å². The minimum absolute atomic E-state index is 1.13. The third-order valence-electron chi connectivity index (χ3n) is 2.77. The summed E-state index contributed by atoms with van der Waals surface area (Å²) in [6.45, 7) is 6.22. The maximum atomic E-state index is 5.55. The van der Waals surface area contributed by atoms with E-state index in [0.29, 0.717) is 0 Å². The third kappa shape index (κ3) is 2.50. The summed E-state index contributed by atoms with van der Waals surface area (Å²) in [6.07, 6.45) is 0. The highest BCUT2D eigenvalue weighted by atomic mass is 79.9.